The highest BCUT2D eigenvalue weighted by Crippen LogP contribution is 2.28. The summed E-state index contributed by atoms with van der Waals surface area (Å²) in [4.78, 5) is 15.7. The van der Waals surface area contributed by atoms with Crippen LogP contribution in [-0.4, -0.2) is 15.5 Å². The Hall–Kier alpha value is -2.83. The van der Waals surface area contributed by atoms with E-state index >= 15 is 0 Å². The van der Waals surface area contributed by atoms with E-state index in [2.05, 4.69) is 10.3 Å². The van der Waals surface area contributed by atoms with E-state index in [1.54, 1.807) is 12.1 Å². The normalized spacial score (nSPS) is 11.7. The van der Waals surface area contributed by atoms with Crippen molar-refractivity contribution in [2.45, 2.75) is 6.18 Å². The Morgan fingerprint density at radius 3 is 2.61 bits per heavy atom. The molecular formula is C16H12F3N3O. The third-order valence-corrected chi connectivity index (χ3v) is 3.48. The van der Waals surface area contributed by atoms with Gasteiger partial charge in [-0.1, -0.05) is 6.07 Å². The Labute approximate surface area is 129 Å². The molecule has 4 nitrogen and oxygen atoms in total. The van der Waals surface area contributed by atoms with Gasteiger partial charge >= 0.3 is 6.18 Å². The van der Waals surface area contributed by atoms with Crippen molar-refractivity contribution < 1.29 is 18.0 Å². The summed E-state index contributed by atoms with van der Waals surface area (Å²) in [5.74, 6) is -0.400. The number of carbonyl (C=O) groups is 1. The van der Waals surface area contributed by atoms with Crippen LogP contribution in [0.15, 0.2) is 48.8 Å². The molecule has 0 aliphatic rings. The number of hydrogen-bond donors (Lipinski definition) is 1. The number of carbonyl (C=O) groups excluding carboxylic acids is 1. The van der Waals surface area contributed by atoms with Gasteiger partial charge in [0, 0.05) is 29.7 Å². The van der Waals surface area contributed by atoms with Crippen molar-refractivity contribution in [1.82, 2.24) is 9.55 Å². The second-order valence-corrected chi connectivity index (χ2v) is 5.05. The molecule has 1 amide bonds. The lowest BCUT2D eigenvalue weighted by Crippen LogP contribution is -2.13. The maximum absolute atomic E-state index is 12.5. The highest BCUT2D eigenvalue weighted by atomic mass is 19.4. The SMILES string of the molecule is Cn1ccc2c(C(=O)Nc3ccc(C(F)(F)F)nc3)cccc21. The molecule has 0 saturated carbocycles. The molecule has 2 heterocycles. The van der Waals surface area contributed by atoms with E-state index in [1.165, 1.54) is 6.07 Å². The fraction of sp³-hybridized carbons (Fsp3) is 0.125. The summed E-state index contributed by atoms with van der Waals surface area (Å²) in [6, 6.07) is 9.12. The molecule has 3 aromatic rings. The summed E-state index contributed by atoms with van der Waals surface area (Å²) in [6.07, 6.45) is -1.68. The van der Waals surface area contributed by atoms with Gasteiger partial charge in [-0.3, -0.25) is 4.79 Å². The summed E-state index contributed by atoms with van der Waals surface area (Å²) >= 11 is 0. The minimum Gasteiger partial charge on any atom is -0.351 e. The lowest BCUT2D eigenvalue weighted by atomic mass is 10.1. The Balaban J connectivity index is 1.86. The average molecular weight is 319 g/mol. The van der Waals surface area contributed by atoms with Crippen LogP contribution in [0.25, 0.3) is 10.9 Å². The minimum absolute atomic E-state index is 0.205. The topological polar surface area (TPSA) is 46.9 Å². The van der Waals surface area contributed by atoms with Crippen molar-refractivity contribution in [2.24, 2.45) is 7.05 Å². The van der Waals surface area contributed by atoms with Crippen LogP contribution in [0.2, 0.25) is 0 Å². The van der Waals surface area contributed by atoms with E-state index in [0.29, 0.717) is 5.56 Å². The Kier molecular flexibility index (Phi) is 3.55. The smallest absolute Gasteiger partial charge is 0.351 e. The summed E-state index contributed by atoms with van der Waals surface area (Å²) in [6.45, 7) is 0. The molecule has 0 unspecified atom stereocenters. The molecule has 0 spiro atoms. The van der Waals surface area contributed by atoms with Gasteiger partial charge in [0.05, 0.1) is 11.9 Å². The van der Waals surface area contributed by atoms with Crippen LogP contribution in [-0.2, 0) is 13.2 Å². The van der Waals surface area contributed by atoms with Crippen molar-refractivity contribution in [3.8, 4) is 0 Å². The van der Waals surface area contributed by atoms with Gasteiger partial charge < -0.3 is 9.88 Å². The zero-order chi connectivity index (χ0) is 16.6. The molecule has 1 aromatic carbocycles. The number of amides is 1. The van der Waals surface area contributed by atoms with E-state index in [9.17, 15) is 18.0 Å². The van der Waals surface area contributed by atoms with Crippen LogP contribution >= 0.6 is 0 Å². The molecule has 118 valence electrons. The summed E-state index contributed by atoms with van der Waals surface area (Å²) in [7, 11) is 1.86. The second kappa shape index (κ2) is 5.42. The van der Waals surface area contributed by atoms with Gasteiger partial charge in [0.2, 0.25) is 0 Å². The summed E-state index contributed by atoms with van der Waals surface area (Å²) in [5.41, 5.74) is 0.544. The maximum Gasteiger partial charge on any atom is 0.433 e. The highest BCUT2D eigenvalue weighted by Gasteiger charge is 2.32. The van der Waals surface area contributed by atoms with E-state index in [1.807, 2.05) is 29.9 Å². The minimum atomic E-state index is -4.50. The van der Waals surface area contributed by atoms with Crippen LogP contribution in [0.5, 0.6) is 0 Å². The largest absolute Gasteiger partial charge is 0.433 e. The van der Waals surface area contributed by atoms with E-state index in [4.69, 9.17) is 0 Å². The number of aryl methyl sites for hydroxylation is 1. The number of rotatable bonds is 2. The summed E-state index contributed by atoms with van der Waals surface area (Å²) in [5, 5.41) is 3.33. The van der Waals surface area contributed by atoms with Crippen molar-refractivity contribution in [3.05, 3.63) is 60.0 Å². The highest BCUT2D eigenvalue weighted by molar-refractivity contribution is 6.12. The van der Waals surface area contributed by atoms with Gasteiger partial charge in [0.25, 0.3) is 5.91 Å². The molecule has 3 rings (SSSR count). The monoisotopic (exact) mass is 319 g/mol. The molecule has 0 bridgehead atoms. The van der Waals surface area contributed by atoms with Crippen LogP contribution in [0.1, 0.15) is 16.1 Å². The van der Waals surface area contributed by atoms with E-state index < -0.39 is 17.8 Å². The molecule has 7 heteroatoms. The van der Waals surface area contributed by atoms with Gasteiger partial charge in [-0.2, -0.15) is 13.2 Å². The Bertz CT molecular complexity index is 866. The van der Waals surface area contributed by atoms with Gasteiger partial charge in [-0.15, -0.1) is 0 Å². The van der Waals surface area contributed by atoms with Gasteiger partial charge in [0.1, 0.15) is 5.69 Å². The number of aromatic nitrogens is 2. The van der Waals surface area contributed by atoms with E-state index in [0.717, 1.165) is 23.2 Å². The van der Waals surface area contributed by atoms with Crippen LogP contribution in [0.3, 0.4) is 0 Å². The number of fused-ring (bicyclic) bond motifs is 1. The predicted octanol–water partition coefficient (Wildman–Crippen LogP) is 3.84. The first-order chi connectivity index (χ1) is 10.9. The fourth-order valence-corrected chi connectivity index (χ4v) is 2.33. The predicted molar refractivity (Wildman–Crippen MR) is 80.1 cm³/mol. The first-order valence-electron chi connectivity index (χ1n) is 6.75. The third-order valence-electron chi connectivity index (χ3n) is 3.48. The molecule has 0 atom stereocenters. The number of hydrogen-bond acceptors (Lipinski definition) is 2. The third kappa shape index (κ3) is 2.90. The van der Waals surface area contributed by atoms with Crippen molar-refractivity contribution in [2.75, 3.05) is 5.32 Å². The van der Waals surface area contributed by atoms with Crippen LogP contribution in [0.4, 0.5) is 18.9 Å². The average Bonchev–Trinajstić information content (AvgIpc) is 2.88. The van der Waals surface area contributed by atoms with Gasteiger partial charge in [-0.25, -0.2) is 4.98 Å². The fourth-order valence-electron chi connectivity index (χ4n) is 2.33. The van der Waals surface area contributed by atoms with Gasteiger partial charge in [0.15, 0.2) is 0 Å². The van der Waals surface area contributed by atoms with Crippen LogP contribution < -0.4 is 5.32 Å². The first-order valence-corrected chi connectivity index (χ1v) is 6.75. The molecule has 0 radical (unpaired) electrons. The summed E-state index contributed by atoms with van der Waals surface area (Å²) < 4.78 is 39.3. The van der Waals surface area contributed by atoms with Crippen molar-refractivity contribution in [1.29, 1.82) is 0 Å². The molecule has 0 aliphatic carbocycles. The molecule has 23 heavy (non-hydrogen) atoms. The number of anilines is 1. The maximum atomic E-state index is 12.5. The first kappa shape index (κ1) is 15.1. The number of pyridine rings is 1. The van der Waals surface area contributed by atoms with Crippen LogP contribution in [0, 0.1) is 0 Å². The molecule has 1 N–H and O–H groups in total. The van der Waals surface area contributed by atoms with Crippen molar-refractivity contribution in [3.63, 3.8) is 0 Å². The Morgan fingerprint density at radius 1 is 1.17 bits per heavy atom. The standard InChI is InChI=1S/C16H12F3N3O/c1-22-8-7-11-12(3-2-4-13(11)22)15(23)21-10-5-6-14(20-9-10)16(17,18)19/h2-9H,1H3,(H,21,23). The number of alkyl halides is 3. The molecule has 0 saturated heterocycles. The van der Waals surface area contributed by atoms with E-state index in [-0.39, 0.29) is 5.69 Å². The number of nitrogens with zero attached hydrogens (tertiary/aromatic N) is 2. The molecule has 0 aliphatic heterocycles. The van der Waals surface area contributed by atoms with Gasteiger partial charge in [-0.05, 0) is 30.3 Å². The molecular weight excluding hydrogens is 307 g/mol. The zero-order valence-electron chi connectivity index (χ0n) is 12.1. The molecule has 2 aromatic heterocycles. The second-order valence-electron chi connectivity index (χ2n) is 5.05. The lowest BCUT2D eigenvalue weighted by Gasteiger charge is -2.09. The molecule has 0 fully saturated rings. The van der Waals surface area contributed by atoms with Crippen molar-refractivity contribution >= 4 is 22.5 Å². The zero-order valence-corrected chi connectivity index (χ0v) is 12.1. The quantitative estimate of drug-likeness (QED) is 0.780. The lowest BCUT2D eigenvalue weighted by molar-refractivity contribution is -0.141. The number of benzene rings is 1. The number of halogens is 3. The number of nitrogens with one attached hydrogen (secondary N) is 1. The Morgan fingerprint density at radius 2 is 1.96 bits per heavy atom.